The number of aryl methyl sites for hydroxylation is 2. The predicted molar refractivity (Wildman–Crippen MR) is 122 cm³/mol. The van der Waals surface area contributed by atoms with Crippen molar-refractivity contribution in [2.75, 3.05) is 18.8 Å². The first-order valence-corrected chi connectivity index (χ1v) is 11.1. The van der Waals surface area contributed by atoms with Gasteiger partial charge in [0.15, 0.2) is 0 Å². The average molecular weight is 430 g/mol. The molecular weight excluding hydrogens is 402 g/mol. The molecule has 0 atom stereocenters. The van der Waals surface area contributed by atoms with E-state index in [-0.39, 0.29) is 11.9 Å². The first kappa shape index (κ1) is 21.6. The van der Waals surface area contributed by atoms with E-state index in [0.717, 1.165) is 42.4 Å². The van der Waals surface area contributed by atoms with Gasteiger partial charge in [-0.25, -0.2) is 0 Å². The molecule has 1 saturated heterocycles. The molecule has 2 aromatic carbocycles. The zero-order valence-electron chi connectivity index (χ0n) is 18.5. The minimum atomic E-state index is 0.0133. The first-order valence-electron chi connectivity index (χ1n) is 11.1. The second kappa shape index (κ2) is 9.23. The van der Waals surface area contributed by atoms with E-state index in [1.165, 1.54) is 5.56 Å². The second-order valence-corrected chi connectivity index (χ2v) is 8.12. The third kappa shape index (κ3) is 4.22. The van der Waals surface area contributed by atoms with Gasteiger partial charge in [0, 0.05) is 24.2 Å². The minimum absolute atomic E-state index is 0.0133. The average Bonchev–Trinajstić information content (AvgIpc) is 3.28. The number of aromatic nitrogens is 2. The molecule has 1 amide bonds. The molecule has 0 radical (unpaired) electrons. The zero-order valence-corrected chi connectivity index (χ0v) is 18.5. The first-order chi connectivity index (χ1) is 15.5. The summed E-state index contributed by atoms with van der Waals surface area (Å²) >= 11 is 0. The summed E-state index contributed by atoms with van der Waals surface area (Å²) in [6, 6.07) is 13.9. The zero-order chi connectivity index (χ0) is 22.7. The molecule has 0 saturated carbocycles. The molecule has 1 aliphatic heterocycles. The highest BCUT2D eigenvalue weighted by Crippen LogP contribution is 2.32. The van der Waals surface area contributed by atoms with Crippen LogP contribution in [0.2, 0.25) is 0 Å². The van der Waals surface area contributed by atoms with Crippen molar-refractivity contribution in [3.05, 3.63) is 64.2 Å². The summed E-state index contributed by atoms with van der Waals surface area (Å²) in [4.78, 5) is 15.4. The summed E-state index contributed by atoms with van der Waals surface area (Å²) in [5.74, 6) is 0.781. The Labute approximate surface area is 187 Å². The number of nitrogen functional groups attached to an aromatic ring is 1. The van der Waals surface area contributed by atoms with E-state index in [0.29, 0.717) is 36.0 Å². The van der Waals surface area contributed by atoms with Crippen LogP contribution in [0.5, 0.6) is 0 Å². The Bertz CT molecular complexity index is 1150. The molecule has 7 nitrogen and oxygen atoms in total. The molecule has 1 aliphatic rings. The van der Waals surface area contributed by atoms with Gasteiger partial charge in [0.05, 0.1) is 11.6 Å². The Morgan fingerprint density at radius 1 is 1.12 bits per heavy atom. The number of hydrogen-bond donors (Lipinski definition) is 1. The topological polar surface area (TPSA) is 109 Å². The van der Waals surface area contributed by atoms with Crippen LogP contribution < -0.4 is 5.73 Å². The fourth-order valence-electron chi connectivity index (χ4n) is 4.44. The van der Waals surface area contributed by atoms with Gasteiger partial charge in [-0.15, -0.1) is 5.10 Å². The summed E-state index contributed by atoms with van der Waals surface area (Å²) in [5.41, 5.74) is 11.1. The van der Waals surface area contributed by atoms with Crippen LogP contribution in [0.25, 0.3) is 11.5 Å². The van der Waals surface area contributed by atoms with Gasteiger partial charge in [0.2, 0.25) is 5.89 Å². The third-order valence-electron chi connectivity index (χ3n) is 6.29. The van der Waals surface area contributed by atoms with E-state index in [1.54, 1.807) is 0 Å². The number of carbonyl (C=O) groups is 1. The van der Waals surface area contributed by atoms with Gasteiger partial charge < -0.3 is 15.1 Å². The lowest BCUT2D eigenvalue weighted by molar-refractivity contribution is 0.0712. The smallest absolute Gasteiger partial charge is 0.313 e. The molecule has 32 heavy (non-hydrogen) atoms. The van der Waals surface area contributed by atoms with Crippen LogP contribution in [0, 0.1) is 11.3 Å². The van der Waals surface area contributed by atoms with E-state index in [2.05, 4.69) is 36.2 Å². The summed E-state index contributed by atoms with van der Waals surface area (Å²) in [5, 5.41) is 16.8. The van der Waals surface area contributed by atoms with Crippen molar-refractivity contribution in [3.63, 3.8) is 0 Å². The number of benzene rings is 2. The highest BCUT2D eigenvalue weighted by molar-refractivity contribution is 5.97. The van der Waals surface area contributed by atoms with Gasteiger partial charge in [0.1, 0.15) is 0 Å². The molecular formula is C25H27N5O2. The molecule has 2 N–H and O–H groups in total. The maximum Gasteiger partial charge on any atom is 0.313 e. The summed E-state index contributed by atoms with van der Waals surface area (Å²) in [6.07, 6.45) is 3.36. The maximum atomic E-state index is 13.5. The second-order valence-electron chi connectivity index (χ2n) is 8.12. The van der Waals surface area contributed by atoms with E-state index in [9.17, 15) is 4.79 Å². The molecule has 4 rings (SSSR count). The Balaban J connectivity index is 1.55. The van der Waals surface area contributed by atoms with Crippen molar-refractivity contribution in [3.8, 4) is 17.5 Å². The van der Waals surface area contributed by atoms with Crippen molar-refractivity contribution in [2.24, 2.45) is 0 Å². The normalized spacial score (nSPS) is 14.3. The molecule has 0 spiro atoms. The monoisotopic (exact) mass is 429 g/mol. The maximum absolute atomic E-state index is 13.5. The summed E-state index contributed by atoms with van der Waals surface area (Å²) < 4.78 is 5.46. The van der Waals surface area contributed by atoms with Crippen molar-refractivity contribution >= 4 is 11.9 Å². The largest absolute Gasteiger partial charge is 0.404 e. The number of nitrogens with zero attached hydrogens (tertiary/aromatic N) is 4. The third-order valence-corrected chi connectivity index (χ3v) is 6.29. The van der Waals surface area contributed by atoms with Gasteiger partial charge in [-0.3, -0.25) is 4.79 Å². The Kier molecular flexibility index (Phi) is 6.22. The number of nitrogens with two attached hydrogens (primary N) is 1. The number of amides is 1. The fraction of sp³-hybridized carbons (Fsp3) is 0.360. The number of anilines is 1. The lowest BCUT2D eigenvalue weighted by Gasteiger charge is -2.33. The van der Waals surface area contributed by atoms with Crippen molar-refractivity contribution < 1.29 is 9.21 Å². The van der Waals surface area contributed by atoms with E-state index in [4.69, 9.17) is 15.4 Å². The van der Waals surface area contributed by atoms with Crippen molar-refractivity contribution in [2.45, 2.75) is 45.4 Å². The van der Waals surface area contributed by atoms with Gasteiger partial charge in [-0.05, 0) is 66.5 Å². The quantitative estimate of drug-likeness (QED) is 0.646. The number of rotatable bonds is 5. The van der Waals surface area contributed by atoms with Gasteiger partial charge >= 0.3 is 6.01 Å². The molecule has 2 heterocycles. The number of piperidine rings is 1. The van der Waals surface area contributed by atoms with Gasteiger partial charge in [-0.2, -0.15) is 5.26 Å². The van der Waals surface area contributed by atoms with Crippen LogP contribution in [0.1, 0.15) is 65.2 Å². The highest BCUT2D eigenvalue weighted by atomic mass is 16.4. The molecule has 0 unspecified atom stereocenters. The Morgan fingerprint density at radius 3 is 2.38 bits per heavy atom. The molecule has 0 bridgehead atoms. The van der Waals surface area contributed by atoms with Crippen LogP contribution in [0.15, 0.2) is 40.8 Å². The lowest BCUT2D eigenvalue weighted by Crippen LogP contribution is -2.38. The van der Waals surface area contributed by atoms with Gasteiger partial charge in [-0.1, -0.05) is 37.1 Å². The SMILES string of the molecule is CCc1cc(CC)c(-c2nnc(N)o2)cc1C(=O)N1CCC(c2ccc(C#N)cc2)CC1. The number of likely N-dealkylation sites (tertiary alicyclic amines) is 1. The molecule has 0 aliphatic carbocycles. The molecule has 1 aromatic heterocycles. The summed E-state index contributed by atoms with van der Waals surface area (Å²) in [7, 11) is 0. The van der Waals surface area contributed by atoms with Crippen LogP contribution in [0.4, 0.5) is 6.01 Å². The summed E-state index contributed by atoms with van der Waals surface area (Å²) in [6.45, 7) is 5.52. The van der Waals surface area contributed by atoms with Crippen LogP contribution in [-0.2, 0) is 12.8 Å². The predicted octanol–water partition coefficient (Wildman–Crippen LogP) is 4.34. The standard InChI is InChI=1S/C25H27N5O2/c1-3-17-13-18(4-2)22(14-21(17)23-28-29-25(27)32-23)24(31)30-11-9-20(10-12-30)19-7-5-16(15-26)6-8-19/h5-8,13-14,20H,3-4,9-12H2,1-2H3,(H2,27,29). The van der Waals surface area contributed by atoms with Crippen molar-refractivity contribution in [1.82, 2.24) is 15.1 Å². The molecule has 3 aromatic rings. The fourth-order valence-corrected chi connectivity index (χ4v) is 4.44. The Hall–Kier alpha value is -3.66. The number of carbonyl (C=O) groups excluding carboxylic acids is 1. The lowest BCUT2D eigenvalue weighted by atomic mass is 9.88. The van der Waals surface area contributed by atoms with Crippen LogP contribution in [-0.4, -0.2) is 34.1 Å². The molecule has 7 heteroatoms. The van der Waals surface area contributed by atoms with E-state index < -0.39 is 0 Å². The van der Waals surface area contributed by atoms with E-state index >= 15 is 0 Å². The van der Waals surface area contributed by atoms with Gasteiger partial charge in [0.25, 0.3) is 5.91 Å². The molecule has 164 valence electrons. The molecule has 1 fully saturated rings. The van der Waals surface area contributed by atoms with E-state index in [1.807, 2.05) is 35.2 Å². The van der Waals surface area contributed by atoms with Crippen molar-refractivity contribution in [1.29, 1.82) is 5.26 Å². The highest BCUT2D eigenvalue weighted by Gasteiger charge is 2.27. The van der Waals surface area contributed by atoms with Crippen LogP contribution >= 0.6 is 0 Å². The van der Waals surface area contributed by atoms with Crippen LogP contribution in [0.3, 0.4) is 0 Å². The minimum Gasteiger partial charge on any atom is -0.404 e. The number of hydrogen-bond acceptors (Lipinski definition) is 6. The Morgan fingerprint density at radius 2 is 1.81 bits per heavy atom. The number of nitriles is 1.